The highest BCUT2D eigenvalue weighted by Crippen LogP contribution is 2.14. The highest BCUT2D eigenvalue weighted by molar-refractivity contribution is 5.91. The number of alkyl halides is 2. The first-order chi connectivity index (χ1) is 9.90. The number of carboxylic acid groups (broad SMARTS) is 1. The van der Waals surface area contributed by atoms with Gasteiger partial charge in [0.1, 0.15) is 12.4 Å². The van der Waals surface area contributed by atoms with Crippen molar-refractivity contribution in [3.8, 4) is 0 Å². The fraction of sp³-hybridized carbons (Fsp3) is 0.333. The highest BCUT2D eigenvalue weighted by Gasteiger charge is 2.11. The van der Waals surface area contributed by atoms with Gasteiger partial charge in [0.15, 0.2) is 0 Å². The van der Waals surface area contributed by atoms with Crippen LogP contribution < -0.4 is 10.6 Å². The molecule has 0 unspecified atom stereocenters. The normalized spacial score (nSPS) is 10.5. The summed E-state index contributed by atoms with van der Waals surface area (Å²) < 4.78 is 41.3. The van der Waals surface area contributed by atoms with Crippen molar-refractivity contribution < 1.29 is 32.6 Å². The Balaban J connectivity index is 2.38. The van der Waals surface area contributed by atoms with E-state index in [1.165, 1.54) is 6.07 Å². The van der Waals surface area contributed by atoms with Gasteiger partial charge in [0, 0.05) is 12.2 Å². The summed E-state index contributed by atoms with van der Waals surface area (Å²) in [4.78, 5) is 22.0. The lowest BCUT2D eigenvalue weighted by Crippen LogP contribution is -2.32. The lowest BCUT2D eigenvalue weighted by Gasteiger charge is -2.08. The molecule has 2 amide bonds. The number of urea groups is 1. The average molecular weight is 306 g/mol. The first-order valence-electron chi connectivity index (χ1n) is 5.83. The Hall–Kier alpha value is -2.29. The van der Waals surface area contributed by atoms with Gasteiger partial charge in [-0.1, -0.05) is 0 Å². The Labute approximate surface area is 117 Å². The number of carbonyl (C=O) groups excluding carboxylic acids is 1. The Bertz CT molecular complexity index is 511. The molecule has 0 atom stereocenters. The van der Waals surface area contributed by atoms with Crippen molar-refractivity contribution in [3.63, 3.8) is 0 Å². The molecule has 0 aliphatic heterocycles. The summed E-state index contributed by atoms with van der Waals surface area (Å²) in [5.41, 5.74) is -0.454. The molecule has 0 radical (unpaired) electrons. The maximum atomic E-state index is 13.3. The second-order valence-corrected chi connectivity index (χ2v) is 3.85. The number of carboxylic acids is 1. The lowest BCUT2D eigenvalue weighted by atomic mass is 10.2. The van der Waals surface area contributed by atoms with E-state index in [-0.39, 0.29) is 18.8 Å². The molecule has 0 spiro atoms. The third kappa shape index (κ3) is 6.13. The summed E-state index contributed by atoms with van der Waals surface area (Å²) in [6.07, 6.45) is -2.57. The summed E-state index contributed by atoms with van der Waals surface area (Å²) in [5.74, 6) is -2.40. The minimum Gasteiger partial charge on any atom is -0.478 e. The van der Waals surface area contributed by atoms with E-state index in [1.54, 1.807) is 0 Å². The van der Waals surface area contributed by atoms with E-state index in [4.69, 9.17) is 5.11 Å². The summed E-state index contributed by atoms with van der Waals surface area (Å²) in [7, 11) is 0. The van der Waals surface area contributed by atoms with Gasteiger partial charge in [0.25, 0.3) is 6.43 Å². The van der Waals surface area contributed by atoms with E-state index >= 15 is 0 Å². The number of anilines is 1. The molecule has 0 saturated heterocycles. The second-order valence-electron chi connectivity index (χ2n) is 3.85. The van der Waals surface area contributed by atoms with E-state index in [0.29, 0.717) is 0 Å². The van der Waals surface area contributed by atoms with Gasteiger partial charge in [-0.25, -0.2) is 22.8 Å². The van der Waals surface area contributed by atoms with Crippen LogP contribution in [0.1, 0.15) is 10.4 Å². The minimum absolute atomic E-state index is 0.00571. The van der Waals surface area contributed by atoms with Gasteiger partial charge in [-0.05, 0) is 18.2 Å². The maximum Gasteiger partial charge on any atom is 0.338 e. The zero-order chi connectivity index (χ0) is 15.8. The van der Waals surface area contributed by atoms with Gasteiger partial charge in [0.2, 0.25) is 0 Å². The van der Waals surface area contributed by atoms with Crippen LogP contribution in [0.4, 0.5) is 23.7 Å². The molecule has 0 aliphatic rings. The predicted molar refractivity (Wildman–Crippen MR) is 67.2 cm³/mol. The minimum atomic E-state index is -2.57. The quantitative estimate of drug-likeness (QED) is 0.672. The smallest absolute Gasteiger partial charge is 0.338 e. The van der Waals surface area contributed by atoms with E-state index in [0.717, 1.165) is 12.1 Å². The van der Waals surface area contributed by atoms with Crippen molar-refractivity contribution in [1.82, 2.24) is 5.32 Å². The van der Waals surface area contributed by atoms with Gasteiger partial charge in [-0.15, -0.1) is 0 Å². The molecule has 0 saturated carbocycles. The van der Waals surface area contributed by atoms with Gasteiger partial charge >= 0.3 is 12.0 Å². The number of hydrogen-bond acceptors (Lipinski definition) is 3. The number of aromatic carboxylic acids is 1. The van der Waals surface area contributed by atoms with Crippen LogP contribution in [-0.2, 0) is 4.74 Å². The van der Waals surface area contributed by atoms with Crippen molar-refractivity contribution in [1.29, 1.82) is 0 Å². The number of rotatable bonds is 7. The van der Waals surface area contributed by atoms with Gasteiger partial charge < -0.3 is 20.5 Å². The van der Waals surface area contributed by atoms with Crippen LogP contribution in [0, 0.1) is 5.82 Å². The van der Waals surface area contributed by atoms with Crippen molar-refractivity contribution >= 4 is 17.7 Å². The summed E-state index contributed by atoms with van der Waals surface area (Å²) >= 11 is 0. The number of nitrogens with one attached hydrogen (secondary N) is 2. The fourth-order valence-corrected chi connectivity index (χ4v) is 1.35. The molecular formula is C12H13F3N2O4. The average Bonchev–Trinajstić information content (AvgIpc) is 2.37. The number of amides is 2. The molecule has 1 aromatic carbocycles. The van der Waals surface area contributed by atoms with Crippen LogP contribution in [0.5, 0.6) is 0 Å². The Morgan fingerprint density at radius 2 is 2.05 bits per heavy atom. The third-order valence-corrected chi connectivity index (χ3v) is 2.23. The van der Waals surface area contributed by atoms with E-state index in [9.17, 15) is 22.8 Å². The topological polar surface area (TPSA) is 87.7 Å². The number of benzene rings is 1. The molecule has 0 aliphatic carbocycles. The molecule has 21 heavy (non-hydrogen) atoms. The van der Waals surface area contributed by atoms with Crippen molar-refractivity contribution in [3.05, 3.63) is 29.6 Å². The zero-order valence-corrected chi connectivity index (χ0v) is 10.7. The number of hydrogen-bond donors (Lipinski definition) is 3. The Morgan fingerprint density at radius 1 is 1.33 bits per heavy atom. The van der Waals surface area contributed by atoms with Gasteiger partial charge in [-0.3, -0.25) is 0 Å². The molecule has 116 valence electrons. The molecule has 9 heteroatoms. The molecule has 1 aromatic rings. The Kier molecular flexibility index (Phi) is 6.47. The van der Waals surface area contributed by atoms with Gasteiger partial charge in [-0.2, -0.15) is 0 Å². The van der Waals surface area contributed by atoms with Crippen molar-refractivity contribution in [2.45, 2.75) is 6.43 Å². The van der Waals surface area contributed by atoms with Crippen LogP contribution >= 0.6 is 0 Å². The van der Waals surface area contributed by atoms with Crippen LogP contribution in [0.2, 0.25) is 0 Å². The SMILES string of the molecule is O=C(NCCOCC(F)F)Nc1ccc(C(=O)O)c(F)c1. The van der Waals surface area contributed by atoms with E-state index < -0.39 is 36.4 Å². The summed E-state index contributed by atoms with van der Waals surface area (Å²) in [6.45, 7) is -0.816. The molecule has 0 bridgehead atoms. The fourth-order valence-electron chi connectivity index (χ4n) is 1.35. The molecule has 6 nitrogen and oxygen atoms in total. The standard InChI is InChI=1S/C12H13F3N2O4/c13-9-5-7(1-2-8(9)11(18)19)17-12(20)16-3-4-21-6-10(14)15/h1-2,5,10H,3-4,6H2,(H,18,19)(H2,16,17,20). The monoisotopic (exact) mass is 306 g/mol. The largest absolute Gasteiger partial charge is 0.478 e. The first-order valence-corrected chi connectivity index (χ1v) is 5.83. The Morgan fingerprint density at radius 3 is 2.62 bits per heavy atom. The van der Waals surface area contributed by atoms with Crippen molar-refractivity contribution in [2.24, 2.45) is 0 Å². The van der Waals surface area contributed by atoms with Crippen LogP contribution in [-0.4, -0.2) is 43.3 Å². The highest BCUT2D eigenvalue weighted by atomic mass is 19.3. The van der Waals surface area contributed by atoms with Crippen LogP contribution in [0.25, 0.3) is 0 Å². The number of ether oxygens (including phenoxy) is 1. The van der Waals surface area contributed by atoms with E-state index in [1.807, 2.05) is 0 Å². The molecule has 1 rings (SSSR count). The van der Waals surface area contributed by atoms with Crippen molar-refractivity contribution in [2.75, 3.05) is 25.1 Å². The number of halogens is 3. The third-order valence-electron chi connectivity index (χ3n) is 2.23. The number of carbonyl (C=O) groups is 2. The first kappa shape index (κ1) is 16.8. The molecule has 0 heterocycles. The van der Waals surface area contributed by atoms with Gasteiger partial charge in [0.05, 0.1) is 12.2 Å². The van der Waals surface area contributed by atoms with E-state index in [2.05, 4.69) is 15.4 Å². The molecular weight excluding hydrogens is 293 g/mol. The maximum absolute atomic E-state index is 13.3. The molecule has 3 N–H and O–H groups in total. The molecule has 0 aromatic heterocycles. The summed E-state index contributed by atoms with van der Waals surface area (Å²) in [6, 6.07) is 2.40. The zero-order valence-electron chi connectivity index (χ0n) is 10.7. The van der Waals surface area contributed by atoms with Crippen LogP contribution in [0.3, 0.4) is 0 Å². The second kappa shape index (κ2) is 8.10. The predicted octanol–water partition coefficient (Wildman–Crippen LogP) is 1.93. The summed E-state index contributed by atoms with van der Waals surface area (Å²) in [5, 5.41) is 13.2. The van der Waals surface area contributed by atoms with Crippen LogP contribution in [0.15, 0.2) is 18.2 Å². The molecule has 0 fully saturated rings. The lowest BCUT2D eigenvalue weighted by molar-refractivity contribution is 0.0194.